The van der Waals surface area contributed by atoms with Gasteiger partial charge in [-0.05, 0) is 30.5 Å². The van der Waals surface area contributed by atoms with Crippen molar-refractivity contribution in [2.45, 2.75) is 37.5 Å². The molecule has 226 valence electrons. The van der Waals surface area contributed by atoms with Gasteiger partial charge in [0.15, 0.2) is 0 Å². The van der Waals surface area contributed by atoms with E-state index >= 15 is 0 Å². The number of alkyl halides is 3. The van der Waals surface area contributed by atoms with Crippen LogP contribution in [0.25, 0.3) is 0 Å². The Morgan fingerprint density at radius 2 is 1.67 bits per heavy atom. The van der Waals surface area contributed by atoms with E-state index in [1.165, 1.54) is 35.2 Å². The van der Waals surface area contributed by atoms with E-state index in [1.807, 2.05) is 0 Å². The van der Waals surface area contributed by atoms with Gasteiger partial charge in [-0.15, -0.1) is 0 Å². The first-order chi connectivity index (χ1) is 19.6. The number of para-hydroxylation sites is 1. The zero-order chi connectivity index (χ0) is 31.6. The van der Waals surface area contributed by atoms with E-state index in [2.05, 4.69) is 10.6 Å². The molecule has 2 aromatic rings. The first-order valence-corrected chi connectivity index (χ1v) is 12.1. The fourth-order valence-corrected chi connectivity index (χ4v) is 3.88. The number of likely N-dealkylation sites (tertiary alicyclic amines) is 1. The molecule has 0 spiro atoms. The van der Waals surface area contributed by atoms with Crippen LogP contribution in [-0.4, -0.2) is 81.0 Å². The Bertz CT molecular complexity index is 1340. The van der Waals surface area contributed by atoms with E-state index in [1.54, 1.807) is 18.2 Å². The highest BCUT2D eigenvalue weighted by molar-refractivity contribution is 6.01. The lowest BCUT2D eigenvalue weighted by Crippen LogP contribution is -2.54. The first-order valence-electron chi connectivity index (χ1n) is 12.1. The molecule has 1 fully saturated rings. The maximum Gasteiger partial charge on any atom is 0.490 e. The lowest BCUT2D eigenvalue weighted by atomic mass is 10.0. The summed E-state index contributed by atoms with van der Waals surface area (Å²) in [5.41, 5.74) is 6.60. The van der Waals surface area contributed by atoms with Gasteiger partial charge in [-0.2, -0.15) is 13.2 Å². The summed E-state index contributed by atoms with van der Waals surface area (Å²) < 4.78 is 31.7. The predicted molar refractivity (Wildman–Crippen MR) is 138 cm³/mol. The minimum Gasteiger partial charge on any atom is -0.480 e. The number of nitrogens with zero attached hydrogens (tertiary/aromatic N) is 2. The number of nitro benzene ring substituents is 1. The smallest absolute Gasteiger partial charge is 0.480 e. The van der Waals surface area contributed by atoms with E-state index < -0.39 is 59.4 Å². The Hall–Kier alpha value is -5.22. The van der Waals surface area contributed by atoms with E-state index in [9.17, 15) is 47.6 Å². The van der Waals surface area contributed by atoms with Crippen LogP contribution in [0.5, 0.6) is 0 Å². The Balaban J connectivity index is 0.000000782. The fraction of sp³-hybridized carbons (Fsp3) is 0.320. The number of carbonyl (C=O) groups excluding carboxylic acids is 3. The summed E-state index contributed by atoms with van der Waals surface area (Å²) >= 11 is 0. The van der Waals surface area contributed by atoms with Crippen LogP contribution in [0, 0.1) is 10.1 Å². The fourth-order valence-electron chi connectivity index (χ4n) is 3.88. The van der Waals surface area contributed by atoms with Crippen LogP contribution in [0.15, 0.2) is 48.5 Å². The van der Waals surface area contributed by atoms with Gasteiger partial charge < -0.3 is 31.5 Å². The third-order valence-electron chi connectivity index (χ3n) is 5.90. The summed E-state index contributed by atoms with van der Waals surface area (Å²) in [5, 5.41) is 32.5. The number of nitrogen functional groups attached to an aromatic ring is 1. The number of carbonyl (C=O) groups is 5. The van der Waals surface area contributed by atoms with Crippen molar-refractivity contribution in [2.75, 3.05) is 18.8 Å². The molecule has 1 saturated heterocycles. The van der Waals surface area contributed by atoms with Crippen LogP contribution in [0.3, 0.4) is 0 Å². The Kier molecular flexibility index (Phi) is 11.3. The van der Waals surface area contributed by atoms with Crippen molar-refractivity contribution < 1.29 is 52.3 Å². The van der Waals surface area contributed by atoms with Crippen LogP contribution in [0.1, 0.15) is 28.8 Å². The van der Waals surface area contributed by atoms with Gasteiger partial charge in [0.25, 0.3) is 11.6 Å². The first kappa shape index (κ1) is 33.0. The van der Waals surface area contributed by atoms with E-state index in [0.717, 1.165) is 0 Å². The number of nitro groups is 1. The maximum absolute atomic E-state index is 13.2. The number of carboxylic acid groups (broad SMARTS) is 2. The molecule has 2 aromatic carbocycles. The second-order valence-corrected chi connectivity index (χ2v) is 8.85. The number of rotatable bonds is 9. The van der Waals surface area contributed by atoms with Crippen LogP contribution in [0.2, 0.25) is 0 Å². The van der Waals surface area contributed by atoms with Gasteiger partial charge in [0, 0.05) is 30.8 Å². The summed E-state index contributed by atoms with van der Waals surface area (Å²) in [6, 6.07) is 9.67. The maximum atomic E-state index is 13.2. The molecule has 0 saturated carbocycles. The van der Waals surface area contributed by atoms with Crippen molar-refractivity contribution >= 4 is 41.0 Å². The zero-order valence-electron chi connectivity index (χ0n) is 21.7. The molecule has 14 nitrogen and oxygen atoms in total. The lowest BCUT2D eigenvalue weighted by Gasteiger charge is -2.27. The Morgan fingerprint density at radius 1 is 1.07 bits per heavy atom. The number of non-ortho nitro benzene ring substituents is 1. The van der Waals surface area contributed by atoms with Crippen molar-refractivity contribution in [1.29, 1.82) is 0 Å². The number of amides is 3. The monoisotopic (exact) mass is 597 g/mol. The molecule has 0 aromatic heterocycles. The molecule has 1 aliphatic rings. The third-order valence-corrected chi connectivity index (χ3v) is 5.90. The van der Waals surface area contributed by atoms with Crippen LogP contribution >= 0.6 is 0 Å². The number of benzene rings is 2. The standard InChI is InChI=1S/C23H25N5O7.C2HF3O2/c24-17-5-2-1-4-16(17)21(30)25-13-20(29)26-18(12-14-7-9-15(10-8-14)28(34)35)22(31)27-11-3-6-19(27)23(32)33;3-2(4,5)1(6)7/h1-2,4-5,7-10,18-19H,3,6,11-13,24H2,(H,25,30)(H,26,29)(H,32,33);(H,6,7)/t18-,19-;/m0./s1. The highest BCUT2D eigenvalue weighted by atomic mass is 19.4. The minimum absolute atomic E-state index is 0.0228. The van der Waals surface area contributed by atoms with Crippen molar-refractivity contribution in [2.24, 2.45) is 0 Å². The number of nitrogens with two attached hydrogens (primary N) is 1. The number of nitrogens with one attached hydrogen (secondary N) is 2. The number of aliphatic carboxylic acids is 2. The summed E-state index contributed by atoms with van der Waals surface area (Å²) in [6.07, 6.45) is -4.30. The number of hydrogen-bond donors (Lipinski definition) is 5. The van der Waals surface area contributed by atoms with Crippen molar-refractivity contribution in [3.8, 4) is 0 Å². The second kappa shape index (κ2) is 14.4. The normalized spacial score (nSPS) is 15.0. The Labute approximate surface area is 235 Å². The van der Waals surface area contributed by atoms with Gasteiger partial charge in [-0.1, -0.05) is 24.3 Å². The predicted octanol–water partition coefficient (Wildman–Crippen LogP) is 1.34. The molecule has 0 bridgehead atoms. The van der Waals surface area contributed by atoms with Gasteiger partial charge in [0.05, 0.1) is 17.0 Å². The summed E-state index contributed by atoms with van der Waals surface area (Å²) in [6.45, 7) is -0.216. The van der Waals surface area contributed by atoms with Gasteiger partial charge in [0.1, 0.15) is 12.1 Å². The minimum atomic E-state index is -5.08. The van der Waals surface area contributed by atoms with Crippen molar-refractivity contribution in [3.63, 3.8) is 0 Å². The van der Waals surface area contributed by atoms with Crippen LogP contribution in [-0.2, 0) is 25.6 Å². The molecule has 1 heterocycles. The van der Waals surface area contributed by atoms with Gasteiger partial charge in [-0.25, -0.2) is 9.59 Å². The quantitative estimate of drug-likeness (QED) is 0.158. The molecule has 0 unspecified atom stereocenters. The number of hydrogen-bond acceptors (Lipinski definition) is 8. The summed E-state index contributed by atoms with van der Waals surface area (Å²) in [5.74, 6) is -5.71. The third kappa shape index (κ3) is 9.46. The van der Waals surface area contributed by atoms with E-state index in [0.29, 0.717) is 18.4 Å². The van der Waals surface area contributed by atoms with E-state index in [4.69, 9.17) is 15.6 Å². The van der Waals surface area contributed by atoms with Gasteiger partial charge in [0.2, 0.25) is 11.8 Å². The summed E-state index contributed by atoms with van der Waals surface area (Å²) in [7, 11) is 0. The highest BCUT2D eigenvalue weighted by Crippen LogP contribution is 2.20. The molecule has 0 aliphatic carbocycles. The molecule has 42 heavy (non-hydrogen) atoms. The Morgan fingerprint density at radius 3 is 2.19 bits per heavy atom. The average Bonchev–Trinajstić information content (AvgIpc) is 3.42. The average molecular weight is 598 g/mol. The number of carboxylic acids is 2. The zero-order valence-corrected chi connectivity index (χ0v) is 21.7. The highest BCUT2D eigenvalue weighted by Gasteiger charge is 2.39. The van der Waals surface area contributed by atoms with Crippen LogP contribution in [0.4, 0.5) is 24.5 Å². The molecular weight excluding hydrogens is 571 g/mol. The lowest BCUT2D eigenvalue weighted by molar-refractivity contribution is -0.384. The molecule has 2 atom stereocenters. The molecular formula is C25H26F3N5O9. The van der Waals surface area contributed by atoms with E-state index in [-0.39, 0.29) is 29.9 Å². The largest absolute Gasteiger partial charge is 0.490 e. The summed E-state index contributed by atoms with van der Waals surface area (Å²) in [4.78, 5) is 70.2. The SMILES string of the molecule is Nc1ccccc1C(=O)NCC(=O)N[C@@H](Cc1ccc([N+](=O)[O-])cc1)C(=O)N1CCC[C@H]1C(=O)O.O=C(O)C(F)(F)F. The van der Waals surface area contributed by atoms with Crippen molar-refractivity contribution in [3.05, 3.63) is 69.8 Å². The number of halogens is 3. The topological polar surface area (TPSA) is 222 Å². The molecule has 3 amide bonds. The second-order valence-electron chi connectivity index (χ2n) is 8.85. The van der Waals surface area contributed by atoms with Gasteiger partial charge >= 0.3 is 18.1 Å². The van der Waals surface area contributed by atoms with Gasteiger partial charge in [-0.3, -0.25) is 24.5 Å². The molecule has 0 radical (unpaired) electrons. The van der Waals surface area contributed by atoms with Crippen molar-refractivity contribution in [1.82, 2.24) is 15.5 Å². The molecule has 17 heteroatoms. The van der Waals surface area contributed by atoms with Crippen LogP contribution < -0.4 is 16.4 Å². The molecule has 1 aliphatic heterocycles. The number of anilines is 1. The molecule has 3 rings (SSSR count). The molecule has 6 N–H and O–H groups in total.